The summed E-state index contributed by atoms with van der Waals surface area (Å²) in [4.78, 5) is 6.79. The molecule has 2 heterocycles. The Morgan fingerprint density at radius 2 is 2.00 bits per heavy atom. The summed E-state index contributed by atoms with van der Waals surface area (Å²) < 4.78 is 0. The highest BCUT2D eigenvalue weighted by Crippen LogP contribution is 2.32. The molecule has 0 radical (unpaired) electrons. The lowest BCUT2D eigenvalue weighted by atomic mass is 10.0. The van der Waals surface area contributed by atoms with Crippen LogP contribution in [0.25, 0.3) is 0 Å². The molecule has 1 N–H and O–H groups in total. The van der Waals surface area contributed by atoms with Crippen LogP contribution in [0.5, 0.6) is 0 Å². The van der Waals surface area contributed by atoms with Crippen LogP contribution in [0, 0.1) is 6.92 Å². The van der Waals surface area contributed by atoms with Crippen molar-refractivity contribution in [1.82, 2.24) is 15.2 Å². The molecular weight excluding hydrogens is 334 g/mol. The molecule has 0 amide bonds. The number of nitrogens with zero attached hydrogens (tertiary/aromatic N) is 4. The van der Waals surface area contributed by atoms with Gasteiger partial charge in [0, 0.05) is 22.9 Å². The number of hydrogen-bond donors (Lipinski definition) is 1. The number of rotatable bonds is 3. The number of nitrogens with one attached hydrogen (secondary N) is 1. The first-order valence-corrected chi connectivity index (χ1v) is 8.67. The second-order valence-corrected chi connectivity index (χ2v) is 6.47. The van der Waals surface area contributed by atoms with E-state index in [-0.39, 0.29) is 0 Å². The van der Waals surface area contributed by atoms with Gasteiger partial charge in [0.05, 0.1) is 6.20 Å². The lowest BCUT2D eigenvalue weighted by molar-refractivity contribution is 0.742. The second-order valence-electron chi connectivity index (χ2n) is 6.06. The molecule has 1 aromatic heterocycles. The Kier molecular flexibility index (Phi) is 4.24. The zero-order chi connectivity index (χ0) is 17.2. The van der Waals surface area contributed by atoms with E-state index < -0.39 is 0 Å². The topological polar surface area (TPSA) is 53.9 Å². The van der Waals surface area contributed by atoms with E-state index in [1.807, 2.05) is 31.2 Å². The molecule has 4 rings (SSSR count). The Balaban J connectivity index is 1.66. The molecule has 0 fully saturated rings. The Morgan fingerprint density at radius 1 is 1.12 bits per heavy atom. The van der Waals surface area contributed by atoms with Gasteiger partial charge in [-0.25, -0.2) is 0 Å². The van der Waals surface area contributed by atoms with E-state index in [4.69, 9.17) is 11.6 Å². The van der Waals surface area contributed by atoms with E-state index in [1.54, 1.807) is 6.20 Å². The van der Waals surface area contributed by atoms with Crippen LogP contribution < -0.4 is 10.2 Å². The summed E-state index contributed by atoms with van der Waals surface area (Å²) in [5, 5.41) is 12.4. The fraction of sp³-hybridized carbons (Fsp3) is 0.211. The monoisotopic (exact) mass is 351 g/mol. The fourth-order valence-electron chi connectivity index (χ4n) is 3.09. The maximum absolute atomic E-state index is 6.19. The zero-order valence-electron chi connectivity index (χ0n) is 13.9. The fourth-order valence-corrected chi connectivity index (χ4v) is 3.27. The van der Waals surface area contributed by atoms with E-state index in [2.05, 4.69) is 43.6 Å². The summed E-state index contributed by atoms with van der Waals surface area (Å²) in [5.41, 5.74) is 4.37. The van der Waals surface area contributed by atoms with Crippen molar-refractivity contribution in [3.05, 3.63) is 64.8 Å². The molecule has 6 heteroatoms. The SMILES string of the molecule is Cc1c(Cl)cccc1Nc1cnnc(N2CCCc3ccccc32)n1. The van der Waals surface area contributed by atoms with Gasteiger partial charge in [-0.1, -0.05) is 35.9 Å². The molecule has 1 aliphatic heterocycles. The molecule has 25 heavy (non-hydrogen) atoms. The first-order chi connectivity index (χ1) is 12.2. The third-order valence-electron chi connectivity index (χ3n) is 4.43. The van der Waals surface area contributed by atoms with Gasteiger partial charge in [0.2, 0.25) is 0 Å². The van der Waals surface area contributed by atoms with Crippen LogP contribution in [0.1, 0.15) is 17.5 Å². The Morgan fingerprint density at radius 3 is 2.92 bits per heavy atom. The van der Waals surface area contributed by atoms with E-state index >= 15 is 0 Å². The van der Waals surface area contributed by atoms with Gasteiger partial charge in [-0.15, -0.1) is 5.10 Å². The highest BCUT2D eigenvalue weighted by Gasteiger charge is 2.20. The quantitative estimate of drug-likeness (QED) is 0.743. The largest absolute Gasteiger partial charge is 0.339 e. The van der Waals surface area contributed by atoms with Crippen molar-refractivity contribution in [2.45, 2.75) is 19.8 Å². The summed E-state index contributed by atoms with van der Waals surface area (Å²) in [6.45, 7) is 2.86. The van der Waals surface area contributed by atoms with Crippen molar-refractivity contribution in [2.24, 2.45) is 0 Å². The highest BCUT2D eigenvalue weighted by molar-refractivity contribution is 6.31. The average molecular weight is 352 g/mol. The number of anilines is 4. The van der Waals surface area contributed by atoms with Gasteiger partial charge in [-0.3, -0.25) is 0 Å². The molecule has 5 nitrogen and oxygen atoms in total. The van der Waals surface area contributed by atoms with Crippen LogP contribution in [0.15, 0.2) is 48.7 Å². The van der Waals surface area contributed by atoms with Crippen LogP contribution in [-0.4, -0.2) is 21.7 Å². The molecular formula is C19H18ClN5. The summed E-state index contributed by atoms with van der Waals surface area (Å²) in [7, 11) is 0. The average Bonchev–Trinajstić information content (AvgIpc) is 2.65. The number of hydrogen-bond acceptors (Lipinski definition) is 5. The van der Waals surface area contributed by atoms with E-state index in [0.717, 1.165) is 41.3 Å². The van der Waals surface area contributed by atoms with Crippen LogP contribution in [0.3, 0.4) is 0 Å². The molecule has 0 atom stereocenters. The van der Waals surface area contributed by atoms with Gasteiger partial charge < -0.3 is 10.2 Å². The third-order valence-corrected chi connectivity index (χ3v) is 4.84. The van der Waals surface area contributed by atoms with Gasteiger partial charge in [-0.2, -0.15) is 10.1 Å². The van der Waals surface area contributed by atoms with Crippen molar-refractivity contribution < 1.29 is 0 Å². The number of aryl methyl sites for hydroxylation is 1. The summed E-state index contributed by atoms with van der Waals surface area (Å²) in [6, 6.07) is 14.1. The Labute approximate surface area is 151 Å². The van der Waals surface area contributed by atoms with Crippen molar-refractivity contribution in [2.75, 3.05) is 16.8 Å². The summed E-state index contributed by atoms with van der Waals surface area (Å²) in [5.74, 6) is 1.26. The molecule has 126 valence electrons. The minimum Gasteiger partial charge on any atom is -0.339 e. The van der Waals surface area contributed by atoms with Gasteiger partial charge in [0.15, 0.2) is 5.82 Å². The smallest absolute Gasteiger partial charge is 0.251 e. The Hall–Kier alpha value is -2.66. The second kappa shape index (κ2) is 6.69. The molecule has 0 bridgehead atoms. The third kappa shape index (κ3) is 3.15. The van der Waals surface area contributed by atoms with Gasteiger partial charge in [0.25, 0.3) is 5.95 Å². The highest BCUT2D eigenvalue weighted by atomic mass is 35.5. The minimum atomic E-state index is 0.608. The van der Waals surface area contributed by atoms with Crippen LogP contribution in [0.4, 0.5) is 23.1 Å². The number of aromatic nitrogens is 3. The zero-order valence-corrected chi connectivity index (χ0v) is 14.7. The van der Waals surface area contributed by atoms with Crippen LogP contribution in [0.2, 0.25) is 5.02 Å². The predicted octanol–water partition coefficient (Wildman–Crippen LogP) is 4.66. The van der Waals surface area contributed by atoms with Crippen molar-refractivity contribution in [3.63, 3.8) is 0 Å². The van der Waals surface area contributed by atoms with E-state index in [0.29, 0.717) is 11.8 Å². The molecule has 0 saturated carbocycles. The van der Waals surface area contributed by atoms with Gasteiger partial charge >= 0.3 is 0 Å². The minimum absolute atomic E-state index is 0.608. The summed E-state index contributed by atoms with van der Waals surface area (Å²) in [6.07, 6.45) is 3.78. The lowest BCUT2D eigenvalue weighted by Gasteiger charge is -2.29. The summed E-state index contributed by atoms with van der Waals surface area (Å²) >= 11 is 6.19. The number of halogens is 1. The Bertz CT molecular complexity index is 912. The number of benzene rings is 2. The van der Waals surface area contributed by atoms with E-state index in [1.165, 1.54) is 5.56 Å². The molecule has 3 aromatic rings. The van der Waals surface area contributed by atoms with Crippen molar-refractivity contribution in [1.29, 1.82) is 0 Å². The molecule has 0 spiro atoms. The molecule has 0 saturated heterocycles. The van der Waals surface area contributed by atoms with E-state index in [9.17, 15) is 0 Å². The number of para-hydroxylation sites is 1. The van der Waals surface area contributed by atoms with Crippen LogP contribution in [-0.2, 0) is 6.42 Å². The lowest BCUT2D eigenvalue weighted by Crippen LogP contribution is -2.26. The normalized spacial score (nSPS) is 13.4. The van der Waals surface area contributed by atoms with Crippen molar-refractivity contribution in [3.8, 4) is 0 Å². The first-order valence-electron chi connectivity index (χ1n) is 8.30. The predicted molar refractivity (Wildman–Crippen MR) is 101 cm³/mol. The first kappa shape index (κ1) is 15.8. The molecule has 0 unspecified atom stereocenters. The molecule has 2 aromatic carbocycles. The van der Waals surface area contributed by atoms with Crippen LogP contribution >= 0.6 is 11.6 Å². The van der Waals surface area contributed by atoms with Gasteiger partial charge in [-0.05, 0) is 49.1 Å². The molecule has 0 aliphatic carbocycles. The molecule has 1 aliphatic rings. The maximum atomic E-state index is 6.19. The standard InChI is InChI=1S/C19H18ClN5/c1-13-15(20)8-4-9-16(13)22-18-12-21-24-19(23-18)25-11-5-7-14-6-2-3-10-17(14)25/h2-4,6,8-10,12H,5,7,11H2,1H3,(H,22,23,24). The van der Waals surface area contributed by atoms with Crippen molar-refractivity contribution >= 4 is 34.7 Å². The maximum Gasteiger partial charge on any atom is 0.251 e. The number of fused-ring (bicyclic) bond motifs is 1. The van der Waals surface area contributed by atoms with Gasteiger partial charge in [0.1, 0.15) is 0 Å².